The van der Waals surface area contributed by atoms with Gasteiger partial charge in [-0.1, -0.05) is 0 Å². The van der Waals surface area contributed by atoms with Crippen molar-refractivity contribution < 1.29 is 13.3 Å². The molecule has 0 bridgehead atoms. The van der Waals surface area contributed by atoms with Crippen LogP contribution in [0.2, 0.25) is 0 Å². The summed E-state index contributed by atoms with van der Waals surface area (Å²) >= 11 is 0. The maximum absolute atomic E-state index is 12.9. The van der Waals surface area contributed by atoms with Gasteiger partial charge in [0.2, 0.25) is 0 Å². The normalized spacial score (nSPS) is 14.7. The fourth-order valence-electron chi connectivity index (χ4n) is 2.34. The quantitative estimate of drug-likeness (QED) is 0.594. The number of rotatable bonds is 6. The maximum Gasteiger partial charge on any atom is 0.269 e. The minimum Gasteiger partial charge on any atom is -0.272 e. The summed E-state index contributed by atoms with van der Waals surface area (Å²) in [7, 11) is -3.73. The van der Waals surface area contributed by atoms with E-state index in [1.165, 1.54) is 41.0 Å². The van der Waals surface area contributed by atoms with Crippen molar-refractivity contribution in [2.45, 2.75) is 37.2 Å². The summed E-state index contributed by atoms with van der Waals surface area (Å²) in [6.07, 6.45) is 4.38. The first-order chi connectivity index (χ1) is 10.9. The molecule has 1 heterocycles. The topological polar surface area (TPSA) is 98.3 Å². The SMILES string of the molecule is CCn1cc(S(=O)(=O)N(c2ccc([N+](=O)[O-])cc2)C2CC2)cn1. The van der Waals surface area contributed by atoms with E-state index in [0.717, 1.165) is 12.8 Å². The second kappa shape index (κ2) is 5.65. The number of nitrogens with zero attached hydrogens (tertiary/aromatic N) is 4. The van der Waals surface area contributed by atoms with E-state index in [2.05, 4.69) is 5.10 Å². The van der Waals surface area contributed by atoms with Crippen LogP contribution in [-0.4, -0.2) is 29.2 Å². The molecule has 9 heteroatoms. The molecule has 122 valence electrons. The molecule has 1 aliphatic carbocycles. The van der Waals surface area contributed by atoms with Gasteiger partial charge in [0.1, 0.15) is 4.90 Å². The molecule has 0 unspecified atom stereocenters. The molecule has 0 atom stereocenters. The zero-order chi connectivity index (χ0) is 16.6. The summed E-state index contributed by atoms with van der Waals surface area (Å²) in [5.74, 6) is 0. The van der Waals surface area contributed by atoms with Crippen LogP contribution in [0.15, 0.2) is 41.6 Å². The van der Waals surface area contributed by atoms with Crippen molar-refractivity contribution in [2.75, 3.05) is 4.31 Å². The maximum atomic E-state index is 12.9. The van der Waals surface area contributed by atoms with E-state index >= 15 is 0 Å². The summed E-state index contributed by atoms with van der Waals surface area (Å²) in [5.41, 5.74) is 0.364. The van der Waals surface area contributed by atoms with Gasteiger partial charge in [0, 0.05) is 30.9 Å². The third kappa shape index (κ3) is 2.91. The molecule has 8 nitrogen and oxygen atoms in total. The number of benzene rings is 1. The molecule has 3 rings (SSSR count). The van der Waals surface area contributed by atoms with E-state index in [9.17, 15) is 18.5 Å². The van der Waals surface area contributed by atoms with E-state index < -0.39 is 14.9 Å². The molecule has 0 spiro atoms. The molecular formula is C14H16N4O4S. The Morgan fingerprint density at radius 1 is 1.35 bits per heavy atom. The fourth-order valence-corrected chi connectivity index (χ4v) is 4.01. The van der Waals surface area contributed by atoms with Gasteiger partial charge in [0.05, 0.1) is 16.8 Å². The van der Waals surface area contributed by atoms with E-state index in [0.29, 0.717) is 12.2 Å². The Hall–Kier alpha value is -2.42. The predicted octanol–water partition coefficient (Wildman–Crippen LogP) is 2.17. The predicted molar refractivity (Wildman–Crippen MR) is 83.7 cm³/mol. The van der Waals surface area contributed by atoms with Gasteiger partial charge in [-0.15, -0.1) is 0 Å². The first kappa shape index (κ1) is 15.5. The summed E-state index contributed by atoms with van der Waals surface area (Å²) in [5, 5.41) is 14.8. The van der Waals surface area contributed by atoms with Crippen molar-refractivity contribution in [3.05, 3.63) is 46.8 Å². The minimum atomic E-state index is -3.73. The molecule has 0 saturated heterocycles. The summed E-state index contributed by atoms with van der Waals surface area (Å²) in [6.45, 7) is 2.45. The van der Waals surface area contributed by atoms with Gasteiger partial charge >= 0.3 is 0 Å². The number of aryl methyl sites for hydroxylation is 1. The summed E-state index contributed by atoms with van der Waals surface area (Å²) in [4.78, 5) is 10.4. The highest BCUT2D eigenvalue weighted by atomic mass is 32.2. The smallest absolute Gasteiger partial charge is 0.269 e. The van der Waals surface area contributed by atoms with Gasteiger partial charge in [-0.3, -0.25) is 19.1 Å². The second-order valence-corrected chi connectivity index (χ2v) is 7.15. The molecule has 0 amide bonds. The van der Waals surface area contributed by atoms with Crippen LogP contribution < -0.4 is 4.31 Å². The van der Waals surface area contributed by atoms with E-state index in [4.69, 9.17) is 0 Å². The molecule has 1 fully saturated rings. The van der Waals surface area contributed by atoms with E-state index in [1.54, 1.807) is 4.68 Å². The lowest BCUT2D eigenvalue weighted by molar-refractivity contribution is -0.384. The number of hydrogen-bond acceptors (Lipinski definition) is 5. The molecular weight excluding hydrogens is 320 g/mol. The lowest BCUT2D eigenvalue weighted by Crippen LogP contribution is -2.32. The summed E-state index contributed by atoms with van der Waals surface area (Å²) in [6, 6.07) is 5.47. The number of hydrogen-bond donors (Lipinski definition) is 0. The summed E-state index contributed by atoms with van der Waals surface area (Å²) < 4.78 is 28.7. The minimum absolute atomic E-state index is 0.0688. The fraction of sp³-hybridized carbons (Fsp3) is 0.357. The van der Waals surface area contributed by atoms with Gasteiger partial charge in [0.15, 0.2) is 0 Å². The molecule has 0 aliphatic heterocycles. The molecule has 23 heavy (non-hydrogen) atoms. The van der Waals surface area contributed by atoms with Gasteiger partial charge in [-0.05, 0) is 31.9 Å². The van der Waals surface area contributed by atoms with Crippen molar-refractivity contribution in [3.63, 3.8) is 0 Å². The zero-order valence-corrected chi connectivity index (χ0v) is 13.3. The van der Waals surface area contributed by atoms with Crippen molar-refractivity contribution in [1.82, 2.24) is 9.78 Å². The van der Waals surface area contributed by atoms with Gasteiger partial charge < -0.3 is 0 Å². The number of anilines is 1. The molecule has 2 aromatic rings. The highest BCUT2D eigenvalue weighted by Gasteiger charge is 2.39. The van der Waals surface area contributed by atoms with Gasteiger partial charge in [0.25, 0.3) is 15.7 Å². The van der Waals surface area contributed by atoms with Crippen LogP contribution in [0.4, 0.5) is 11.4 Å². The molecule has 1 aromatic heterocycles. The van der Waals surface area contributed by atoms with Crippen molar-refractivity contribution in [2.24, 2.45) is 0 Å². The third-order valence-corrected chi connectivity index (χ3v) is 5.52. The Kier molecular flexibility index (Phi) is 3.80. The number of nitro groups is 1. The highest BCUT2D eigenvalue weighted by molar-refractivity contribution is 7.92. The van der Waals surface area contributed by atoms with Crippen molar-refractivity contribution >= 4 is 21.4 Å². The van der Waals surface area contributed by atoms with Crippen LogP contribution in [0.25, 0.3) is 0 Å². The standard InChI is InChI=1S/C14H16N4O4S/c1-2-16-10-14(9-15-16)23(21,22)17(11-3-4-11)12-5-7-13(8-6-12)18(19)20/h5-11H,2-4H2,1H3. The Bertz CT molecular complexity index is 825. The van der Waals surface area contributed by atoms with Crippen LogP contribution in [0.5, 0.6) is 0 Å². The Morgan fingerprint density at radius 3 is 2.48 bits per heavy atom. The number of nitro benzene ring substituents is 1. The average molecular weight is 336 g/mol. The molecule has 1 aromatic carbocycles. The van der Waals surface area contributed by atoms with Crippen LogP contribution in [0, 0.1) is 10.1 Å². The number of non-ortho nitro benzene ring substituents is 1. The first-order valence-electron chi connectivity index (χ1n) is 7.25. The molecule has 0 N–H and O–H groups in total. The van der Waals surface area contributed by atoms with Crippen LogP contribution in [0.3, 0.4) is 0 Å². The monoisotopic (exact) mass is 336 g/mol. The van der Waals surface area contributed by atoms with Crippen LogP contribution in [-0.2, 0) is 16.6 Å². The largest absolute Gasteiger partial charge is 0.272 e. The first-order valence-corrected chi connectivity index (χ1v) is 8.69. The molecule has 1 aliphatic rings. The number of sulfonamides is 1. The van der Waals surface area contributed by atoms with Crippen molar-refractivity contribution in [1.29, 1.82) is 0 Å². The Morgan fingerprint density at radius 2 is 2.00 bits per heavy atom. The van der Waals surface area contributed by atoms with Crippen LogP contribution in [0.1, 0.15) is 19.8 Å². The lowest BCUT2D eigenvalue weighted by Gasteiger charge is -2.23. The molecule has 0 radical (unpaired) electrons. The average Bonchev–Trinajstić information content (AvgIpc) is 3.21. The Labute approximate surface area is 133 Å². The Balaban J connectivity index is 1.99. The van der Waals surface area contributed by atoms with Crippen molar-refractivity contribution in [3.8, 4) is 0 Å². The zero-order valence-electron chi connectivity index (χ0n) is 12.5. The van der Waals surface area contributed by atoms with Gasteiger partial charge in [-0.25, -0.2) is 8.42 Å². The highest BCUT2D eigenvalue weighted by Crippen LogP contribution is 2.37. The lowest BCUT2D eigenvalue weighted by atomic mass is 10.3. The van der Waals surface area contributed by atoms with Gasteiger partial charge in [-0.2, -0.15) is 5.10 Å². The number of aromatic nitrogens is 2. The third-order valence-electron chi connectivity index (χ3n) is 3.68. The molecule has 1 saturated carbocycles. The second-order valence-electron chi connectivity index (χ2n) is 5.34. The van der Waals surface area contributed by atoms with E-state index in [-0.39, 0.29) is 16.6 Å². The van der Waals surface area contributed by atoms with Crippen LogP contribution >= 0.6 is 0 Å². The van der Waals surface area contributed by atoms with E-state index in [1.807, 2.05) is 6.92 Å².